The van der Waals surface area contributed by atoms with E-state index >= 15 is 0 Å². The molecule has 2 aromatic heterocycles. The van der Waals surface area contributed by atoms with Gasteiger partial charge in [-0.1, -0.05) is 11.6 Å². The Hall–Kier alpha value is -1.21. The second kappa shape index (κ2) is 6.70. The van der Waals surface area contributed by atoms with Crippen LogP contribution in [0, 0.1) is 0 Å². The smallest absolute Gasteiger partial charge is 0.199 e. The minimum Gasteiger partial charge on any atom is -0.461 e. The summed E-state index contributed by atoms with van der Waals surface area (Å²) in [6, 6.07) is 3.47. The molecule has 1 fully saturated rings. The highest BCUT2D eigenvalue weighted by atomic mass is 35.5. The number of carbonyl (C=O) groups excluding carboxylic acids is 1. The summed E-state index contributed by atoms with van der Waals surface area (Å²) in [5, 5.41) is 0. The molecule has 0 N–H and O–H groups in total. The van der Waals surface area contributed by atoms with Crippen LogP contribution in [0.2, 0.25) is 4.47 Å². The van der Waals surface area contributed by atoms with Crippen LogP contribution < -0.4 is 0 Å². The first-order valence-corrected chi connectivity index (χ1v) is 7.90. The van der Waals surface area contributed by atoms with E-state index in [0.717, 1.165) is 18.0 Å². The SMILES string of the molecule is O=C(C[C@H]1COCCN1Cc1cnc(Cl)s1)c1ccco1. The second-order valence-corrected chi connectivity index (χ2v) is 6.58. The van der Waals surface area contributed by atoms with Gasteiger partial charge in [0.25, 0.3) is 0 Å². The van der Waals surface area contributed by atoms with Crippen molar-refractivity contribution >= 4 is 28.7 Å². The number of hydrogen-bond donors (Lipinski definition) is 0. The van der Waals surface area contributed by atoms with Gasteiger partial charge in [-0.15, -0.1) is 11.3 Å². The van der Waals surface area contributed by atoms with E-state index in [-0.39, 0.29) is 11.8 Å². The third-order valence-electron chi connectivity index (χ3n) is 3.45. The number of halogens is 1. The monoisotopic (exact) mass is 326 g/mol. The van der Waals surface area contributed by atoms with E-state index in [4.69, 9.17) is 20.8 Å². The van der Waals surface area contributed by atoms with Gasteiger partial charge < -0.3 is 9.15 Å². The highest BCUT2D eigenvalue weighted by molar-refractivity contribution is 7.15. The zero-order chi connectivity index (χ0) is 14.7. The lowest BCUT2D eigenvalue weighted by atomic mass is 10.1. The first kappa shape index (κ1) is 14.7. The van der Waals surface area contributed by atoms with Crippen LogP contribution in [-0.4, -0.2) is 41.5 Å². The standard InChI is InChI=1S/C14H15ClN2O3S/c15-14-16-7-11(21-14)8-17-3-5-19-9-10(17)6-12(18)13-2-1-4-20-13/h1-2,4,7,10H,3,5-6,8-9H2/t10-/m0/s1. The summed E-state index contributed by atoms with van der Waals surface area (Å²) < 4.78 is 11.2. The van der Waals surface area contributed by atoms with Gasteiger partial charge in [-0.25, -0.2) is 4.98 Å². The van der Waals surface area contributed by atoms with Gasteiger partial charge in [0, 0.05) is 36.6 Å². The van der Waals surface area contributed by atoms with Crippen LogP contribution in [-0.2, 0) is 11.3 Å². The number of furan rings is 1. The van der Waals surface area contributed by atoms with Crippen molar-refractivity contribution in [1.29, 1.82) is 0 Å². The van der Waals surface area contributed by atoms with Crippen molar-refractivity contribution in [2.75, 3.05) is 19.8 Å². The van der Waals surface area contributed by atoms with E-state index < -0.39 is 0 Å². The Morgan fingerprint density at radius 1 is 1.57 bits per heavy atom. The van der Waals surface area contributed by atoms with Gasteiger partial charge in [-0.2, -0.15) is 0 Å². The Labute approximate surface area is 131 Å². The predicted octanol–water partition coefficient (Wildman–Crippen LogP) is 2.86. The molecule has 3 heterocycles. The molecular formula is C14H15ClN2O3S. The molecule has 0 unspecified atom stereocenters. The molecule has 0 aliphatic carbocycles. The first-order chi connectivity index (χ1) is 10.2. The maximum absolute atomic E-state index is 12.2. The van der Waals surface area contributed by atoms with Gasteiger partial charge in [-0.05, 0) is 12.1 Å². The molecule has 1 aliphatic heterocycles. The zero-order valence-electron chi connectivity index (χ0n) is 11.3. The molecule has 0 aromatic carbocycles. The summed E-state index contributed by atoms with van der Waals surface area (Å²) >= 11 is 7.33. The van der Waals surface area contributed by atoms with Crippen molar-refractivity contribution in [2.45, 2.75) is 19.0 Å². The van der Waals surface area contributed by atoms with E-state index in [2.05, 4.69) is 9.88 Å². The fourth-order valence-electron chi connectivity index (χ4n) is 2.39. The van der Waals surface area contributed by atoms with Crippen molar-refractivity contribution < 1.29 is 13.9 Å². The summed E-state index contributed by atoms with van der Waals surface area (Å²) in [5.41, 5.74) is 0. The fourth-order valence-corrected chi connectivity index (χ4v) is 3.40. The lowest BCUT2D eigenvalue weighted by Crippen LogP contribution is -2.45. The molecule has 0 saturated carbocycles. The summed E-state index contributed by atoms with van der Waals surface area (Å²) in [5.74, 6) is 0.407. The van der Waals surface area contributed by atoms with Crippen molar-refractivity contribution in [2.24, 2.45) is 0 Å². The van der Waals surface area contributed by atoms with Crippen molar-refractivity contribution in [3.63, 3.8) is 0 Å². The highest BCUT2D eigenvalue weighted by Gasteiger charge is 2.27. The minimum atomic E-state index is 0.00263. The molecule has 0 radical (unpaired) electrons. The normalized spacial score (nSPS) is 19.8. The van der Waals surface area contributed by atoms with E-state index in [0.29, 0.717) is 29.9 Å². The molecule has 5 nitrogen and oxygen atoms in total. The molecule has 2 aromatic rings. The minimum absolute atomic E-state index is 0.00263. The molecule has 1 saturated heterocycles. The number of nitrogens with zero attached hydrogens (tertiary/aromatic N) is 2. The number of aromatic nitrogens is 1. The second-order valence-electron chi connectivity index (χ2n) is 4.88. The maximum Gasteiger partial charge on any atom is 0.199 e. The van der Waals surface area contributed by atoms with Crippen molar-refractivity contribution in [1.82, 2.24) is 9.88 Å². The van der Waals surface area contributed by atoms with Crippen LogP contribution in [0.1, 0.15) is 21.9 Å². The largest absolute Gasteiger partial charge is 0.461 e. The Balaban J connectivity index is 1.65. The molecule has 3 rings (SSSR count). The number of rotatable bonds is 5. The van der Waals surface area contributed by atoms with Crippen LogP contribution >= 0.6 is 22.9 Å². The number of ketones is 1. The van der Waals surface area contributed by atoms with Gasteiger partial charge in [0.1, 0.15) is 0 Å². The molecule has 0 spiro atoms. The van der Waals surface area contributed by atoms with Crippen molar-refractivity contribution in [3.8, 4) is 0 Å². The highest BCUT2D eigenvalue weighted by Crippen LogP contribution is 2.22. The molecule has 7 heteroatoms. The van der Waals surface area contributed by atoms with Crippen LogP contribution in [0.15, 0.2) is 29.0 Å². The van der Waals surface area contributed by atoms with Gasteiger partial charge in [0.05, 0.1) is 19.5 Å². The van der Waals surface area contributed by atoms with E-state index in [1.54, 1.807) is 18.3 Å². The summed E-state index contributed by atoms with van der Waals surface area (Å²) in [4.78, 5) is 19.6. The quantitative estimate of drug-likeness (QED) is 0.791. The number of hydrogen-bond acceptors (Lipinski definition) is 6. The third kappa shape index (κ3) is 3.71. The van der Waals surface area contributed by atoms with Crippen LogP contribution in [0.4, 0.5) is 0 Å². The Morgan fingerprint density at radius 3 is 3.19 bits per heavy atom. The Bertz CT molecular complexity index is 599. The molecular weight excluding hydrogens is 312 g/mol. The van der Waals surface area contributed by atoms with E-state index in [9.17, 15) is 4.79 Å². The van der Waals surface area contributed by atoms with E-state index in [1.807, 2.05) is 0 Å². The number of Topliss-reactive ketones (excluding diaryl/α,β-unsaturated/α-hetero) is 1. The number of carbonyl (C=O) groups is 1. The molecule has 0 bridgehead atoms. The maximum atomic E-state index is 12.2. The average Bonchev–Trinajstić information content (AvgIpc) is 3.13. The number of thiazole rings is 1. The summed E-state index contributed by atoms with van der Waals surface area (Å²) in [6.45, 7) is 2.77. The van der Waals surface area contributed by atoms with Gasteiger partial charge >= 0.3 is 0 Å². The Morgan fingerprint density at radius 2 is 2.48 bits per heavy atom. The van der Waals surface area contributed by atoms with Gasteiger partial charge in [-0.3, -0.25) is 9.69 Å². The zero-order valence-corrected chi connectivity index (χ0v) is 12.9. The number of morpholine rings is 1. The first-order valence-electron chi connectivity index (χ1n) is 6.71. The summed E-state index contributed by atoms with van der Waals surface area (Å²) in [6.07, 6.45) is 3.69. The third-order valence-corrected chi connectivity index (χ3v) is 4.55. The lowest BCUT2D eigenvalue weighted by Gasteiger charge is -2.34. The molecule has 21 heavy (non-hydrogen) atoms. The summed E-state index contributed by atoms with van der Waals surface area (Å²) in [7, 11) is 0. The average molecular weight is 327 g/mol. The lowest BCUT2D eigenvalue weighted by molar-refractivity contribution is -0.0124. The fraction of sp³-hybridized carbons (Fsp3) is 0.429. The van der Waals surface area contributed by atoms with Gasteiger partial charge in [0.15, 0.2) is 16.0 Å². The van der Waals surface area contributed by atoms with Crippen LogP contribution in [0.3, 0.4) is 0 Å². The van der Waals surface area contributed by atoms with Crippen LogP contribution in [0.25, 0.3) is 0 Å². The molecule has 112 valence electrons. The molecule has 0 amide bonds. The van der Waals surface area contributed by atoms with E-state index in [1.165, 1.54) is 17.6 Å². The van der Waals surface area contributed by atoms with Crippen LogP contribution in [0.5, 0.6) is 0 Å². The molecule has 1 atom stereocenters. The van der Waals surface area contributed by atoms with Crippen molar-refractivity contribution in [3.05, 3.63) is 39.7 Å². The number of ether oxygens (including phenoxy) is 1. The van der Waals surface area contributed by atoms with Gasteiger partial charge in [0.2, 0.25) is 0 Å². The predicted molar refractivity (Wildman–Crippen MR) is 79.8 cm³/mol. The Kier molecular flexibility index (Phi) is 4.70. The molecule has 1 aliphatic rings. The topological polar surface area (TPSA) is 55.6 Å².